The Bertz CT molecular complexity index is 415. The molecule has 1 rings (SSSR count). The molecule has 106 valence electrons. The molecule has 0 heterocycles. The first-order valence-electron chi connectivity index (χ1n) is 6.47. The minimum atomic E-state index is -0.267. The van der Waals surface area contributed by atoms with E-state index < -0.39 is 0 Å². The van der Waals surface area contributed by atoms with Crippen LogP contribution in [0.25, 0.3) is 0 Å². The van der Waals surface area contributed by atoms with Gasteiger partial charge in [-0.3, -0.25) is 4.79 Å². The minimum absolute atomic E-state index is 0.0249. The second kappa shape index (κ2) is 7.06. The monoisotopic (exact) mass is 327 g/mol. The molecule has 0 aliphatic heterocycles. The molecule has 0 aliphatic carbocycles. The highest BCUT2D eigenvalue weighted by Crippen LogP contribution is 2.21. The van der Waals surface area contributed by atoms with Crippen LogP contribution in [0.5, 0.6) is 0 Å². The van der Waals surface area contributed by atoms with E-state index in [9.17, 15) is 4.79 Å². The summed E-state index contributed by atoms with van der Waals surface area (Å²) in [5.41, 5.74) is 0.885. The van der Waals surface area contributed by atoms with Gasteiger partial charge in [0.05, 0.1) is 0 Å². The third-order valence-electron chi connectivity index (χ3n) is 3.12. The van der Waals surface area contributed by atoms with Crippen molar-refractivity contribution in [1.82, 2.24) is 5.32 Å². The Morgan fingerprint density at radius 1 is 1.37 bits per heavy atom. The number of amides is 1. The number of halogens is 1. The van der Waals surface area contributed by atoms with Gasteiger partial charge in [0.1, 0.15) is 0 Å². The van der Waals surface area contributed by atoms with E-state index >= 15 is 0 Å². The molecule has 1 unspecified atom stereocenters. The lowest BCUT2D eigenvalue weighted by Gasteiger charge is -2.22. The number of carbonyl (C=O) groups is 1. The quantitative estimate of drug-likeness (QED) is 0.843. The highest BCUT2D eigenvalue weighted by molar-refractivity contribution is 9.10. The van der Waals surface area contributed by atoms with E-state index in [1.54, 1.807) is 0 Å². The van der Waals surface area contributed by atoms with Gasteiger partial charge >= 0.3 is 0 Å². The number of aliphatic hydroxyl groups excluding tert-OH is 1. The maximum Gasteiger partial charge on any atom is 0.220 e. The molecule has 2 N–H and O–H groups in total. The molecule has 3 nitrogen and oxygen atoms in total. The lowest BCUT2D eigenvalue weighted by Crippen LogP contribution is -2.36. The molecule has 19 heavy (non-hydrogen) atoms. The van der Waals surface area contributed by atoms with Crippen molar-refractivity contribution in [2.24, 2.45) is 5.41 Å². The summed E-state index contributed by atoms with van der Waals surface area (Å²) in [6.45, 7) is 6.45. The Balaban J connectivity index is 2.46. The Morgan fingerprint density at radius 2 is 1.95 bits per heavy atom. The fourth-order valence-electron chi connectivity index (χ4n) is 1.65. The van der Waals surface area contributed by atoms with Crippen molar-refractivity contribution in [3.8, 4) is 0 Å². The summed E-state index contributed by atoms with van der Waals surface area (Å²) < 4.78 is 1.04. The van der Waals surface area contributed by atoms with Gasteiger partial charge in [-0.25, -0.2) is 0 Å². The minimum Gasteiger partial charge on any atom is -0.396 e. The summed E-state index contributed by atoms with van der Waals surface area (Å²) in [5.74, 6) is 0.210. The fourth-order valence-corrected chi connectivity index (χ4v) is 1.92. The van der Waals surface area contributed by atoms with Crippen molar-refractivity contribution in [2.45, 2.75) is 33.1 Å². The molecule has 0 aromatic heterocycles. The predicted molar refractivity (Wildman–Crippen MR) is 81.1 cm³/mol. The molecule has 4 heteroatoms. The number of benzene rings is 1. The standard InChI is InChI=1S/C15H22BrNO2/c1-11(12-4-6-13(16)7-5-12)8-14(19)17-9-15(2,3)10-18/h4-7,11,18H,8-10H2,1-3H3,(H,17,19). The zero-order valence-corrected chi connectivity index (χ0v) is 13.3. The number of rotatable bonds is 6. The van der Waals surface area contributed by atoms with Crippen molar-refractivity contribution < 1.29 is 9.90 Å². The third kappa shape index (κ3) is 5.74. The molecule has 1 aromatic rings. The fraction of sp³-hybridized carbons (Fsp3) is 0.533. The van der Waals surface area contributed by atoms with E-state index in [4.69, 9.17) is 5.11 Å². The van der Waals surface area contributed by atoms with Crippen LogP contribution in [0.2, 0.25) is 0 Å². The van der Waals surface area contributed by atoms with Gasteiger partial charge in [0.25, 0.3) is 0 Å². The molecular weight excluding hydrogens is 306 g/mol. The number of carbonyl (C=O) groups excluding carboxylic acids is 1. The lowest BCUT2D eigenvalue weighted by atomic mass is 9.94. The lowest BCUT2D eigenvalue weighted by molar-refractivity contribution is -0.121. The van der Waals surface area contributed by atoms with Crippen LogP contribution in [0.4, 0.5) is 0 Å². The molecule has 0 bridgehead atoms. The highest BCUT2D eigenvalue weighted by Gasteiger charge is 2.18. The number of nitrogens with one attached hydrogen (secondary N) is 1. The van der Waals surface area contributed by atoms with Crippen molar-refractivity contribution in [1.29, 1.82) is 0 Å². The number of hydrogen-bond acceptors (Lipinski definition) is 2. The average molecular weight is 328 g/mol. The van der Waals surface area contributed by atoms with Crippen LogP contribution in [0.3, 0.4) is 0 Å². The van der Waals surface area contributed by atoms with Crippen molar-refractivity contribution in [3.63, 3.8) is 0 Å². The topological polar surface area (TPSA) is 49.3 Å². The predicted octanol–water partition coefficient (Wildman–Crippen LogP) is 3.08. The number of hydrogen-bond donors (Lipinski definition) is 2. The van der Waals surface area contributed by atoms with Gasteiger partial charge < -0.3 is 10.4 Å². The smallest absolute Gasteiger partial charge is 0.220 e. The maximum absolute atomic E-state index is 11.9. The molecule has 1 atom stereocenters. The zero-order chi connectivity index (χ0) is 14.5. The molecular formula is C15H22BrNO2. The molecule has 0 saturated carbocycles. The van der Waals surface area contributed by atoms with Crippen LogP contribution in [0.15, 0.2) is 28.7 Å². The molecule has 0 radical (unpaired) electrons. The SMILES string of the molecule is CC(CC(=O)NCC(C)(C)CO)c1ccc(Br)cc1. The van der Waals surface area contributed by atoms with E-state index in [0.717, 1.165) is 10.0 Å². The molecule has 0 aliphatic rings. The first-order valence-corrected chi connectivity index (χ1v) is 7.26. The van der Waals surface area contributed by atoms with E-state index in [1.165, 1.54) is 0 Å². The largest absolute Gasteiger partial charge is 0.396 e. The van der Waals surface area contributed by atoms with E-state index in [-0.39, 0.29) is 23.8 Å². The Kier molecular flexibility index (Phi) is 6.01. The van der Waals surface area contributed by atoms with Gasteiger partial charge in [0, 0.05) is 29.5 Å². The summed E-state index contributed by atoms with van der Waals surface area (Å²) in [5, 5.41) is 12.0. The van der Waals surface area contributed by atoms with E-state index in [1.807, 2.05) is 45.0 Å². The van der Waals surface area contributed by atoms with Gasteiger partial charge in [-0.2, -0.15) is 0 Å². The summed E-state index contributed by atoms with van der Waals surface area (Å²) in [7, 11) is 0. The van der Waals surface area contributed by atoms with Gasteiger partial charge in [-0.05, 0) is 23.6 Å². The van der Waals surface area contributed by atoms with Crippen LogP contribution in [-0.4, -0.2) is 24.2 Å². The second-order valence-corrected chi connectivity index (χ2v) is 6.67. The van der Waals surface area contributed by atoms with Crippen molar-refractivity contribution >= 4 is 21.8 Å². The summed E-state index contributed by atoms with van der Waals surface area (Å²) >= 11 is 3.40. The highest BCUT2D eigenvalue weighted by atomic mass is 79.9. The van der Waals surface area contributed by atoms with Gasteiger partial charge in [0.2, 0.25) is 5.91 Å². The molecule has 0 fully saturated rings. The van der Waals surface area contributed by atoms with E-state index in [0.29, 0.717) is 13.0 Å². The van der Waals surface area contributed by atoms with Crippen LogP contribution in [0.1, 0.15) is 38.7 Å². The van der Waals surface area contributed by atoms with Crippen LogP contribution in [-0.2, 0) is 4.79 Å². The Labute approximate surface area is 123 Å². The third-order valence-corrected chi connectivity index (χ3v) is 3.65. The van der Waals surface area contributed by atoms with E-state index in [2.05, 4.69) is 21.2 Å². The van der Waals surface area contributed by atoms with Gasteiger partial charge in [-0.1, -0.05) is 48.8 Å². The van der Waals surface area contributed by atoms with Crippen molar-refractivity contribution in [3.05, 3.63) is 34.3 Å². The summed E-state index contributed by atoms with van der Waals surface area (Å²) in [4.78, 5) is 11.9. The average Bonchev–Trinajstić information content (AvgIpc) is 2.37. The second-order valence-electron chi connectivity index (χ2n) is 5.76. The van der Waals surface area contributed by atoms with Crippen LogP contribution < -0.4 is 5.32 Å². The van der Waals surface area contributed by atoms with Gasteiger partial charge in [-0.15, -0.1) is 0 Å². The summed E-state index contributed by atoms with van der Waals surface area (Å²) in [6, 6.07) is 8.02. The number of aliphatic hydroxyl groups is 1. The Morgan fingerprint density at radius 3 is 2.47 bits per heavy atom. The normalized spacial score (nSPS) is 13.1. The molecule has 1 aromatic carbocycles. The van der Waals surface area contributed by atoms with Crippen molar-refractivity contribution in [2.75, 3.05) is 13.2 Å². The first-order chi connectivity index (χ1) is 8.84. The van der Waals surface area contributed by atoms with Crippen LogP contribution in [0, 0.1) is 5.41 Å². The first kappa shape index (κ1) is 16.2. The maximum atomic E-state index is 11.9. The Hall–Kier alpha value is -0.870. The summed E-state index contributed by atoms with van der Waals surface area (Å²) in [6.07, 6.45) is 0.461. The van der Waals surface area contributed by atoms with Crippen LogP contribution >= 0.6 is 15.9 Å². The molecule has 0 spiro atoms. The van der Waals surface area contributed by atoms with Gasteiger partial charge in [0.15, 0.2) is 0 Å². The molecule has 1 amide bonds. The zero-order valence-electron chi connectivity index (χ0n) is 11.7. The molecule has 0 saturated heterocycles.